The highest BCUT2D eigenvalue weighted by Gasteiger charge is 2.21. The molecule has 0 amide bonds. The number of halogens is 1. The molecule has 140 valence electrons. The molecule has 2 aromatic carbocycles. The highest BCUT2D eigenvalue weighted by molar-refractivity contribution is 5.89. The van der Waals surface area contributed by atoms with Crippen molar-refractivity contribution >= 4 is 17.1 Å². The van der Waals surface area contributed by atoms with Gasteiger partial charge in [-0.1, -0.05) is 35.5 Å². The van der Waals surface area contributed by atoms with Crippen LogP contribution in [0, 0.1) is 5.82 Å². The number of nitrogens with zero attached hydrogens (tertiary/aromatic N) is 3. The van der Waals surface area contributed by atoms with Crippen LogP contribution in [-0.4, -0.2) is 40.5 Å². The van der Waals surface area contributed by atoms with Crippen LogP contribution < -0.4 is 0 Å². The molecule has 4 nitrogen and oxygen atoms in total. The molecule has 0 bridgehead atoms. The standard InChI is InChI=1S/C22H24FN3O/c23-21-4-2-1-3-18(21)7-11-25-12-9-20(10-13-25)26-14-8-19-6-5-17(16-24-27)15-22(19)26/h1-6,8,14-16,20,27H,7,9-13H2. The summed E-state index contributed by atoms with van der Waals surface area (Å²) in [5.41, 5.74) is 2.87. The van der Waals surface area contributed by atoms with E-state index >= 15 is 0 Å². The maximum Gasteiger partial charge on any atom is 0.126 e. The van der Waals surface area contributed by atoms with Gasteiger partial charge in [-0.15, -0.1) is 0 Å². The Bertz CT molecular complexity index is 942. The van der Waals surface area contributed by atoms with Crippen LogP contribution >= 0.6 is 0 Å². The Morgan fingerprint density at radius 3 is 2.70 bits per heavy atom. The molecule has 5 heteroatoms. The van der Waals surface area contributed by atoms with Crippen LogP contribution in [0.15, 0.2) is 59.9 Å². The van der Waals surface area contributed by atoms with E-state index in [9.17, 15) is 4.39 Å². The summed E-state index contributed by atoms with van der Waals surface area (Å²) in [6.07, 6.45) is 6.54. The number of aromatic nitrogens is 1. The van der Waals surface area contributed by atoms with Gasteiger partial charge in [0, 0.05) is 37.4 Å². The Morgan fingerprint density at radius 2 is 1.93 bits per heavy atom. The summed E-state index contributed by atoms with van der Waals surface area (Å²) in [5.74, 6) is -0.103. The van der Waals surface area contributed by atoms with E-state index in [1.807, 2.05) is 18.2 Å². The number of hydrogen-bond donors (Lipinski definition) is 1. The van der Waals surface area contributed by atoms with E-state index in [-0.39, 0.29) is 5.82 Å². The molecule has 0 saturated carbocycles. The van der Waals surface area contributed by atoms with Crippen molar-refractivity contribution in [3.8, 4) is 0 Å². The van der Waals surface area contributed by atoms with Gasteiger partial charge in [-0.3, -0.25) is 0 Å². The third-order valence-electron chi connectivity index (χ3n) is 5.56. The lowest BCUT2D eigenvalue weighted by Gasteiger charge is -2.33. The molecule has 3 aromatic rings. The number of benzene rings is 2. The van der Waals surface area contributed by atoms with Gasteiger partial charge >= 0.3 is 0 Å². The van der Waals surface area contributed by atoms with Gasteiger partial charge in [-0.05, 0) is 54.0 Å². The van der Waals surface area contributed by atoms with Crippen molar-refractivity contribution in [2.24, 2.45) is 5.16 Å². The molecule has 0 unspecified atom stereocenters. The van der Waals surface area contributed by atoms with Crippen molar-refractivity contribution < 1.29 is 9.60 Å². The number of fused-ring (bicyclic) bond motifs is 1. The number of oxime groups is 1. The fraction of sp³-hybridized carbons (Fsp3) is 0.318. The van der Waals surface area contributed by atoms with Gasteiger partial charge in [0.05, 0.1) is 6.21 Å². The van der Waals surface area contributed by atoms with Crippen LogP contribution in [-0.2, 0) is 6.42 Å². The Balaban J connectivity index is 1.40. The maximum atomic E-state index is 13.8. The van der Waals surface area contributed by atoms with Crippen molar-refractivity contribution in [3.05, 3.63) is 71.7 Å². The smallest absolute Gasteiger partial charge is 0.126 e. The Morgan fingerprint density at radius 1 is 1.11 bits per heavy atom. The number of likely N-dealkylation sites (tertiary alicyclic amines) is 1. The van der Waals surface area contributed by atoms with Gasteiger partial charge in [0.15, 0.2) is 0 Å². The van der Waals surface area contributed by atoms with E-state index in [1.54, 1.807) is 6.07 Å². The van der Waals surface area contributed by atoms with Crippen molar-refractivity contribution in [2.45, 2.75) is 25.3 Å². The third kappa shape index (κ3) is 3.88. The molecule has 2 heterocycles. The number of piperidine rings is 1. The zero-order valence-corrected chi connectivity index (χ0v) is 15.3. The second kappa shape index (κ2) is 7.92. The van der Waals surface area contributed by atoms with Gasteiger partial charge in [-0.2, -0.15) is 0 Å². The van der Waals surface area contributed by atoms with Crippen LogP contribution in [0.2, 0.25) is 0 Å². The quantitative estimate of drug-likeness (QED) is 0.412. The van der Waals surface area contributed by atoms with Gasteiger partial charge < -0.3 is 14.7 Å². The lowest BCUT2D eigenvalue weighted by atomic mass is 10.0. The van der Waals surface area contributed by atoms with Crippen LogP contribution in [0.25, 0.3) is 10.9 Å². The third-order valence-corrected chi connectivity index (χ3v) is 5.56. The number of hydrogen-bond acceptors (Lipinski definition) is 3. The minimum absolute atomic E-state index is 0.103. The summed E-state index contributed by atoms with van der Waals surface area (Å²) in [6.45, 7) is 2.95. The predicted molar refractivity (Wildman–Crippen MR) is 106 cm³/mol. The highest BCUT2D eigenvalue weighted by atomic mass is 19.1. The maximum absolute atomic E-state index is 13.8. The molecule has 1 fully saturated rings. The zero-order chi connectivity index (χ0) is 18.6. The Labute approximate surface area is 158 Å². The lowest BCUT2D eigenvalue weighted by Crippen LogP contribution is -2.35. The summed E-state index contributed by atoms with van der Waals surface area (Å²) in [5, 5.41) is 13.1. The molecule has 4 rings (SSSR count). The van der Waals surface area contributed by atoms with E-state index in [4.69, 9.17) is 5.21 Å². The van der Waals surface area contributed by atoms with E-state index in [0.717, 1.165) is 50.0 Å². The van der Waals surface area contributed by atoms with Crippen LogP contribution in [0.5, 0.6) is 0 Å². The van der Waals surface area contributed by atoms with Gasteiger partial charge in [0.1, 0.15) is 5.82 Å². The van der Waals surface area contributed by atoms with Crippen LogP contribution in [0.1, 0.15) is 30.0 Å². The SMILES string of the molecule is ON=Cc1ccc2ccn(C3CCN(CCc4ccccc4F)CC3)c2c1. The molecule has 0 spiro atoms. The molecule has 1 aromatic heterocycles. The lowest BCUT2D eigenvalue weighted by molar-refractivity contribution is 0.190. The fourth-order valence-electron chi connectivity index (χ4n) is 4.03. The zero-order valence-electron chi connectivity index (χ0n) is 15.3. The molecule has 0 aliphatic carbocycles. The molecular weight excluding hydrogens is 341 g/mol. The molecule has 1 aliphatic heterocycles. The topological polar surface area (TPSA) is 40.8 Å². The summed E-state index contributed by atoms with van der Waals surface area (Å²) in [4.78, 5) is 2.43. The predicted octanol–water partition coefficient (Wildman–Crippen LogP) is 4.47. The second-order valence-corrected chi connectivity index (χ2v) is 7.20. The first-order valence-corrected chi connectivity index (χ1v) is 9.48. The van der Waals surface area contributed by atoms with Crippen molar-refractivity contribution in [3.63, 3.8) is 0 Å². The molecule has 0 atom stereocenters. The van der Waals surface area contributed by atoms with Gasteiger partial charge in [-0.25, -0.2) is 4.39 Å². The molecular formula is C22H24FN3O. The normalized spacial score (nSPS) is 16.5. The average molecular weight is 365 g/mol. The minimum atomic E-state index is -0.103. The Kier molecular flexibility index (Phi) is 5.21. The van der Waals surface area contributed by atoms with Crippen molar-refractivity contribution in [1.82, 2.24) is 9.47 Å². The summed E-state index contributed by atoms with van der Waals surface area (Å²) in [6, 6.07) is 15.7. The summed E-state index contributed by atoms with van der Waals surface area (Å²) < 4.78 is 16.1. The monoisotopic (exact) mass is 365 g/mol. The van der Waals surface area contributed by atoms with Crippen molar-refractivity contribution in [2.75, 3.05) is 19.6 Å². The average Bonchev–Trinajstić information content (AvgIpc) is 3.11. The molecule has 0 radical (unpaired) electrons. The van der Waals surface area contributed by atoms with E-state index in [2.05, 4.69) is 39.0 Å². The summed E-state index contributed by atoms with van der Waals surface area (Å²) >= 11 is 0. The first kappa shape index (κ1) is 17.7. The van der Waals surface area contributed by atoms with Crippen LogP contribution in [0.4, 0.5) is 4.39 Å². The minimum Gasteiger partial charge on any atom is -0.411 e. The molecule has 1 saturated heterocycles. The summed E-state index contributed by atoms with van der Waals surface area (Å²) in [7, 11) is 0. The number of rotatable bonds is 5. The first-order chi connectivity index (χ1) is 13.2. The highest BCUT2D eigenvalue weighted by Crippen LogP contribution is 2.28. The van der Waals surface area contributed by atoms with Gasteiger partial charge in [0.2, 0.25) is 0 Å². The fourth-order valence-corrected chi connectivity index (χ4v) is 4.03. The van der Waals surface area contributed by atoms with Gasteiger partial charge in [0.25, 0.3) is 0 Å². The van der Waals surface area contributed by atoms with Crippen LogP contribution in [0.3, 0.4) is 0 Å². The molecule has 27 heavy (non-hydrogen) atoms. The van der Waals surface area contributed by atoms with E-state index < -0.39 is 0 Å². The second-order valence-electron chi connectivity index (χ2n) is 7.20. The van der Waals surface area contributed by atoms with E-state index in [1.165, 1.54) is 23.2 Å². The molecule has 1 aliphatic rings. The molecule has 1 N–H and O–H groups in total. The van der Waals surface area contributed by atoms with Crippen molar-refractivity contribution in [1.29, 1.82) is 0 Å². The van der Waals surface area contributed by atoms with E-state index in [0.29, 0.717) is 6.04 Å². The largest absolute Gasteiger partial charge is 0.411 e. The first-order valence-electron chi connectivity index (χ1n) is 9.48. The Hall–Kier alpha value is -2.66.